The van der Waals surface area contributed by atoms with Crippen LogP contribution in [0.2, 0.25) is 0 Å². The van der Waals surface area contributed by atoms with Gasteiger partial charge in [-0.15, -0.1) is 0 Å². The van der Waals surface area contributed by atoms with E-state index in [-0.39, 0.29) is 12.2 Å². The lowest BCUT2D eigenvalue weighted by Gasteiger charge is -2.37. The van der Waals surface area contributed by atoms with Crippen molar-refractivity contribution < 1.29 is 9.57 Å². The minimum absolute atomic E-state index is 0.103. The van der Waals surface area contributed by atoms with Crippen LogP contribution in [0.1, 0.15) is 19.4 Å². The maximum absolute atomic E-state index is 6.03. The molecule has 0 amide bonds. The number of anilines is 2. The second kappa shape index (κ2) is 9.43. The third-order valence-electron chi connectivity index (χ3n) is 6.45. The lowest BCUT2D eigenvalue weighted by Crippen LogP contribution is -2.48. The molecule has 1 unspecified atom stereocenters. The van der Waals surface area contributed by atoms with Crippen molar-refractivity contribution in [3.63, 3.8) is 0 Å². The first-order valence-electron chi connectivity index (χ1n) is 11.8. The average molecular weight is 435 g/mol. The maximum Gasteiger partial charge on any atom is 0.142 e. The number of rotatable bonds is 7. The molecule has 0 radical (unpaired) electrons. The molecule has 0 saturated carbocycles. The molecular weight excluding hydrogens is 400 g/mol. The summed E-state index contributed by atoms with van der Waals surface area (Å²) >= 11 is 0. The third kappa shape index (κ3) is 4.71. The first kappa shape index (κ1) is 21.2. The second-order valence-electron chi connectivity index (χ2n) is 9.17. The molecule has 0 bridgehead atoms. The molecule has 3 aliphatic heterocycles. The molecular formula is C26H34N4O2. The summed E-state index contributed by atoms with van der Waals surface area (Å²) in [6.07, 6.45) is 3.67. The van der Waals surface area contributed by atoms with Crippen LogP contribution in [0.25, 0.3) is 0 Å². The summed E-state index contributed by atoms with van der Waals surface area (Å²) in [5.74, 6) is 0.982. The van der Waals surface area contributed by atoms with Crippen molar-refractivity contribution >= 4 is 11.4 Å². The number of hydroxylamine groups is 1. The number of hydrogen-bond acceptors (Lipinski definition) is 6. The summed E-state index contributed by atoms with van der Waals surface area (Å²) in [4.78, 5) is 13.3. The molecule has 5 rings (SSSR count). The Kier molecular flexibility index (Phi) is 6.23. The minimum atomic E-state index is 0.103. The van der Waals surface area contributed by atoms with E-state index in [4.69, 9.17) is 9.57 Å². The number of ether oxygens (including phenoxy) is 1. The zero-order valence-electron chi connectivity index (χ0n) is 19.2. The average Bonchev–Trinajstić information content (AvgIpc) is 3.42. The van der Waals surface area contributed by atoms with Crippen LogP contribution in [0.4, 0.5) is 11.4 Å². The largest absolute Gasteiger partial charge is 0.489 e. The normalized spacial score (nSPS) is 21.0. The Balaban J connectivity index is 1.13. The molecule has 3 heterocycles. The highest BCUT2D eigenvalue weighted by atomic mass is 16.7. The van der Waals surface area contributed by atoms with Crippen molar-refractivity contribution in [2.75, 3.05) is 55.6 Å². The Bertz CT molecular complexity index is 952. The zero-order chi connectivity index (χ0) is 21.9. The van der Waals surface area contributed by atoms with E-state index in [0.29, 0.717) is 0 Å². The molecule has 32 heavy (non-hydrogen) atoms. The van der Waals surface area contributed by atoms with E-state index in [1.54, 1.807) is 0 Å². The van der Waals surface area contributed by atoms with Crippen molar-refractivity contribution in [3.05, 3.63) is 65.9 Å². The van der Waals surface area contributed by atoms with Crippen LogP contribution in [0, 0.1) is 0 Å². The van der Waals surface area contributed by atoms with Gasteiger partial charge >= 0.3 is 0 Å². The lowest BCUT2D eigenvalue weighted by molar-refractivity contribution is 0.0199. The van der Waals surface area contributed by atoms with Crippen molar-refractivity contribution in [2.45, 2.75) is 32.5 Å². The van der Waals surface area contributed by atoms with E-state index >= 15 is 0 Å². The van der Waals surface area contributed by atoms with E-state index in [1.165, 1.54) is 22.6 Å². The quantitative estimate of drug-likeness (QED) is 0.720. The monoisotopic (exact) mass is 434 g/mol. The van der Waals surface area contributed by atoms with Gasteiger partial charge in [0.05, 0.1) is 24.0 Å². The number of nitrogens with one attached hydrogen (secondary N) is 1. The number of para-hydroxylation sites is 3. The van der Waals surface area contributed by atoms with Gasteiger partial charge in [0.25, 0.3) is 0 Å². The van der Waals surface area contributed by atoms with Crippen molar-refractivity contribution in [1.29, 1.82) is 0 Å². The van der Waals surface area contributed by atoms with Crippen molar-refractivity contribution in [3.8, 4) is 5.75 Å². The summed E-state index contributed by atoms with van der Waals surface area (Å²) in [5, 5.41) is 0. The van der Waals surface area contributed by atoms with Crippen LogP contribution in [-0.4, -0.2) is 62.9 Å². The second-order valence-corrected chi connectivity index (χ2v) is 9.17. The molecule has 1 N–H and O–H groups in total. The first-order valence-corrected chi connectivity index (χ1v) is 11.8. The highest BCUT2D eigenvalue weighted by molar-refractivity contribution is 5.59. The molecule has 0 spiro atoms. The Labute approximate surface area is 191 Å². The zero-order valence-corrected chi connectivity index (χ0v) is 19.2. The van der Waals surface area contributed by atoms with Gasteiger partial charge in [0, 0.05) is 45.0 Å². The number of piperazine rings is 1. The standard InChI is InChI=1S/C26H34N4O2/c1-20(2)31-26-10-6-5-9-25(26)29-15-13-28(14-16-29)19-23-17-22(27-32-23)18-30-12-11-21-7-3-4-8-24(21)30/h3-10,17,20,23,27H,11-16,18-19H2,1-2H3. The fourth-order valence-corrected chi connectivity index (χ4v) is 4.89. The van der Waals surface area contributed by atoms with Crippen LogP contribution in [-0.2, 0) is 11.3 Å². The van der Waals surface area contributed by atoms with E-state index in [9.17, 15) is 0 Å². The predicted molar refractivity (Wildman–Crippen MR) is 129 cm³/mol. The van der Waals surface area contributed by atoms with E-state index in [1.807, 2.05) is 6.07 Å². The van der Waals surface area contributed by atoms with Gasteiger partial charge < -0.3 is 14.5 Å². The Morgan fingerprint density at radius 1 is 0.969 bits per heavy atom. The SMILES string of the molecule is CC(C)Oc1ccccc1N1CCN(CC2C=C(CN3CCc4ccccc43)NO2)CC1. The van der Waals surface area contributed by atoms with Gasteiger partial charge in [-0.1, -0.05) is 30.3 Å². The van der Waals surface area contributed by atoms with Gasteiger partial charge in [-0.25, -0.2) is 0 Å². The minimum Gasteiger partial charge on any atom is -0.489 e. The summed E-state index contributed by atoms with van der Waals surface area (Å²) in [5.41, 5.74) is 8.36. The molecule has 0 aromatic heterocycles. The first-order chi connectivity index (χ1) is 15.7. The van der Waals surface area contributed by atoms with Gasteiger partial charge in [0.1, 0.15) is 11.9 Å². The summed E-state index contributed by atoms with van der Waals surface area (Å²) in [7, 11) is 0. The predicted octanol–water partition coefficient (Wildman–Crippen LogP) is 3.45. The van der Waals surface area contributed by atoms with E-state index < -0.39 is 0 Å². The molecule has 0 aliphatic carbocycles. The molecule has 1 atom stereocenters. The Morgan fingerprint density at radius 3 is 2.53 bits per heavy atom. The van der Waals surface area contributed by atoms with Crippen LogP contribution >= 0.6 is 0 Å². The lowest BCUT2D eigenvalue weighted by atomic mass is 10.2. The van der Waals surface area contributed by atoms with Crippen LogP contribution < -0.4 is 20.0 Å². The third-order valence-corrected chi connectivity index (χ3v) is 6.45. The molecule has 1 fully saturated rings. The van der Waals surface area contributed by atoms with Gasteiger partial charge in [-0.3, -0.25) is 15.2 Å². The van der Waals surface area contributed by atoms with Crippen LogP contribution in [0.3, 0.4) is 0 Å². The molecule has 1 saturated heterocycles. The topological polar surface area (TPSA) is 40.2 Å². The van der Waals surface area contributed by atoms with Gasteiger partial charge in [-0.2, -0.15) is 0 Å². The molecule has 2 aromatic carbocycles. The number of benzene rings is 2. The van der Waals surface area contributed by atoms with Gasteiger partial charge in [0.15, 0.2) is 0 Å². The Morgan fingerprint density at radius 2 is 1.72 bits per heavy atom. The molecule has 170 valence electrons. The number of nitrogens with zero attached hydrogens (tertiary/aromatic N) is 3. The smallest absolute Gasteiger partial charge is 0.142 e. The molecule has 6 heteroatoms. The van der Waals surface area contributed by atoms with Gasteiger partial charge in [0.2, 0.25) is 0 Å². The maximum atomic E-state index is 6.03. The van der Waals surface area contributed by atoms with Gasteiger partial charge in [-0.05, 0) is 50.1 Å². The van der Waals surface area contributed by atoms with Crippen molar-refractivity contribution in [2.24, 2.45) is 0 Å². The van der Waals surface area contributed by atoms with Crippen LogP contribution in [0.5, 0.6) is 5.75 Å². The fourth-order valence-electron chi connectivity index (χ4n) is 4.89. The Hall–Kier alpha value is -2.70. The molecule has 2 aromatic rings. The van der Waals surface area contributed by atoms with Crippen LogP contribution in [0.15, 0.2) is 60.3 Å². The highest BCUT2D eigenvalue weighted by Gasteiger charge is 2.26. The van der Waals surface area contributed by atoms with E-state index in [2.05, 4.69) is 82.6 Å². The summed E-state index contributed by atoms with van der Waals surface area (Å²) in [6, 6.07) is 17.1. The summed E-state index contributed by atoms with van der Waals surface area (Å²) < 4.78 is 6.03. The van der Waals surface area contributed by atoms with Crippen molar-refractivity contribution in [1.82, 2.24) is 10.4 Å². The summed E-state index contributed by atoms with van der Waals surface area (Å²) in [6.45, 7) is 11.1. The molecule has 6 nitrogen and oxygen atoms in total. The number of fused-ring (bicyclic) bond motifs is 1. The molecule has 3 aliphatic rings. The van der Waals surface area contributed by atoms with E-state index in [0.717, 1.165) is 58.0 Å². The number of hydrogen-bond donors (Lipinski definition) is 1. The fraction of sp³-hybridized carbons (Fsp3) is 0.462. The highest BCUT2D eigenvalue weighted by Crippen LogP contribution is 2.30.